The molecule has 0 radical (unpaired) electrons. The third kappa shape index (κ3) is 4.92. The first kappa shape index (κ1) is 19.8. The molecule has 2 saturated heterocycles. The minimum Gasteiger partial charge on any atom is -0.354 e. The van der Waals surface area contributed by atoms with E-state index >= 15 is 0 Å². The lowest BCUT2D eigenvalue weighted by Crippen LogP contribution is -2.48. The van der Waals surface area contributed by atoms with Crippen LogP contribution in [0, 0.1) is 6.92 Å². The Kier molecular flexibility index (Phi) is 6.06. The van der Waals surface area contributed by atoms with Gasteiger partial charge in [0.2, 0.25) is 0 Å². The van der Waals surface area contributed by atoms with Gasteiger partial charge in [-0.2, -0.15) is 0 Å². The first-order valence-electron chi connectivity index (χ1n) is 10.4. The molecule has 1 amide bonds. The van der Waals surface area contributed by atoms with Crippen molar-refractivity contribution in [1.82, 2.24) is 24.7 Å². The van der Waals surface area contributed by atoms with Gasteiger partial charge in [-0.05, 0) is 19.5 Å². The molecule has 7 heteroatoms. The van der Waals surface area contributed by atoms with Crippen molar-refractivity contribution >= 4 is 11.7 Å². The fourth-order valence-corrected chi connectivity index (χ4v) is 3.97. The van der Waals surface area contributed by atoms with E-state index in [0.29, 0.717) is 11.5 Å². The molecular formula is C22H30N6O. The Bertz CT molecular complexity index is 826. The number of piperazine rings is 2. The largest absolute Gasteiger partial charge is 0.354 e. The first-order valence-corrected chi connectivity index (χ1v) is 10.4. The Balaban J connectivity index is 1.38. The number of hydrogen-bond acceptors (Lipinski definition) is 6. The van der Waals surface area contributed by atoms with E-state index < -0.39 is 0 Å². The van der Waals surface area contributed by atoms with Crippen molar-refractivity contribution in [2.24, 2.45) is 0 Å². The second-order valence-corrected chi connectivity index (χ2v) is 8.00. The molecule has 154 valence electrons. The number of likely N-dealkylation sites (N-methyl/N-ethyl adjacent to an activating group) is 1. The summed E-state index contributed by atoms with van der Waals surface area (Å²) in [6.45, 7) is 9.92. The highest BCUT2D eigenvalue weighted by atomic mass is 16.2. The Morgan fingerprint density at radius 1 is 0.931 bits per heavy atom. The minimum atomic E-state index is 0.0187. The van der Waals surface area contributed by atoms with Crippen LogP contribution in [0.15, 0.2) is 36.4 Å². The number of nitrogens with zero attached hydrogens (tertiary/aromatic N) is 6. The number of carbonyl (C=O) groups is 1. The van der Waals surface area contributed by atoms with E-state index in [9.17, 15) is 4.79 Å². The molecule has 4 rings (SSSR count). The van der Waals surface area contributed by atoms with E-state index in [2.05, 4.69) is 56.0 Å². The number of amides is 1. The summed E-state index contributed by atoms with van der Waals surface area (Å²) in [7, 11) is 2.13. The summed E-state index contributed by atoms with van der Waals surface area (Å²) in [6.07, 6.45) is 0. The van der Waals surface area contributed by atoms with Crippen molar-refractivity contribution in [3.8, 4) is 0 Å². The fraction of sp³-hybridized carbons (Fsp3) is 0.500. The van der Waals surface area contributed by atoms with Crippen molar-refractivity contribution in [2.45, 2.75) is 13.5 Å². The molecule has 2 fully saturated rings. The van der Waals surface area contributed by atoms with Gasteiger partial charge in [-0.3, -0.25) is 9.69 Å². The summed E-state index contributed by atoms with van der Waals surface area (Å²) in [5.74, 6) is 1.55. The molecule has 0 atom stereocenters. The molecule has 2 aliphatic heterocycles. The first-order chi connectivity index (χ1) is 14.1. The molecule has 2 aliphatic rings. The van der Waals surface area contributed by atoms with E-state index in [4.69, 9.17) is 0 Å². The molecule has 3 heterocycles. The van der Waals surface area contributed by atoms with Crippen LogP contribution in [0.25, 0.3) is 0 Å². The number of rotatable bonds is 4. The van der Waals surface area contributed by atoms with Gasteiger partial charge in [0.05, 0.1) is 0 Å². The SMILES string of the molecule is Cc1nc(C(=O)N2CCN(Cc3ccccc3)CC2)cc(N2CCN(C)CC2)n1. The molecule has 0 bridgehead atoms. The molecular weight excluding hydrogens is 364 g/mol. The summed E-state index contributed by atoms with van der Waals surface area (Å²) in [6, 6.07) is 12.4. The smallest absolute Gasteiger partial charge is 0.272 e. The lowest BCUT2D eigenvalue weighted by Gasteiger charge is -2.35. The van der Waals surface area contributed by atoms with Crippen LogP contribution in [0.2, 0.25) is 0 Å². The minimum absolute atomic E-state index is 0.0187. The van der Waals surface area contributed by atoms with Gasteiger partial charge in [-0.15, -0.1) is 0 Å². The van der Waals surface area contributed by atoms with Crippen molar-refractivity contribution in [2.75, 3.05) is 64.3 Å². The van der Waals surface area contributed by atoms with Gasteiger partial charge in [-0.25, -0.2) is 9.97 Å². The van der Waals surface area contributed by atoms with Crippen LogP contribution >= 0.6 is 0 Å². The lowest BCUT2D eigenvalue weighted by atomic mass is 10.2. The average molecular weight is 395 g/mol. The van der Waals surface area contributed by atoms with Crippen molar-refractivity contribution < 1.29 is 4.79 Å². The Hall–Kier alpha value is -2.51. The Morgan fingerprint density at radius 2 is 1.62 bits per heavy atom. The Labute approximate surface area is 172 Å². The highest BCUT2D eigenvalue weighted by Crippen LogP contribution is 2.17. The van der Waals surface area contributed by atoms with Crippen LogP contribution in [0.4, 0.5) is 5.82 Å². The third-order valence-corrected chi connectivity index (χ3v) is 5.78. The predicted molar refractivity (Wildman–Crippen MR) is 114 cm³/mol. The lowest BCUT2D eigenvalue weighted by molar-refractivity contribution is 0.0622. The number of aromatic nitrogens is 2. The van der Waals surface area contributed by atoms with Crippen LogP contribution in [-0.2, 0) is 6.54 Å². The topological polar surface area (TPSA) is 55.8 Å². The van der Waals surface area contributed by atoms with Crippen LogP contribution in [-0.4, -0.2) is 90.0 Å². The van der Waals surface area contributed by atoms with Gasteiger partial charge in [0.25, 0.3) is 5.91 Å². The standard InChI is InChI=1S/C22H30N6O/c1-18-23-20(16-21(24-18)27-12-8-25(2)9-13-27)22(29)28-14-10-26(11-15-28)17-19-6-4-3-5-7-19/h3-7,16H,8-15,17H2,1-2H3. The maximum absolute atomic E-state index is 13.1. The van der Waals surface area contributed by atoms with Crippen molar-refractivity contribution in [1.29, 1.82) is 0 Å². The second kappa shape index (κ2) is 8.88. The zero-order valence-corrected chi connectivity index (χ0v) is 17.4. The molecule has 0 N–H and O–H groups in total. The molecule has 1 aromatic carbocycles. The van der Waals surface area contributed by atoms with Crippen molar-refractivity contribution in [3.05, 3.63) is 53.5 Å². The third-order valence-electron chi connectivity index (χ3n) is 5.78. The average Bonchev–Trinajstić information content (AvgIpc) is 2.74. The van der Waals surface area contributed by atoms with Crippen LogP contribution < -0.4 is 4.90 Å². The molecule has 0 saturated carbocycles. The maximum atomic E-state index is 13.1. The van der Waals surface area contributed by atoms with Crippen LogP contribution in [0.5, 0.6) is 0 Å². The van der Waals surface area contributed by atoms with Gasteiger partial charge in [0.15, 0.2) is 0 Å². The number of carbonyl (C=O) groups excluding carboxylic acids is 1. The van der Waals surface area contributed by atoms with Gasteiger partial charge >= 0.3 is 0 Å². The molecule has 0 aliphatic carbocycles. The van der Waals surface area contributed by atoms with Gasteiger partial charge in [-0.1, -0.05) is 30.3 Å². The van der Waals surface area contributed by atoms with E-state index in [0.717, 1.165) is 64.7 Å². The van der Waals surface area contributed by atoms with Gasteiger partial charge < -0.3 is 14.7 Å². The second-order valence-electron chi connectivity index (χ2n) is 8.00. The molecule has 0 unspecified atom stereocenters. The van der Waals surface area contributed by atoms with E-state index in [1.807, 2.05) is 24.0 Å². The molecule has 29 heavy (non-hydrogen) atoms. The zero-order chi connectivity index (χ0) is 20.2. The molecule has 2 aromatic rings. The number of anilines is 1. The summed E-state index contributed by atoms with van der Waals surface area (Å²) >= 11 is 0. The molecule has 7 nitrogen and oxygen atoms in total. The Morgan fingerprint density at radius 3 is 2.31 bits per heavy atom. The zero-order valence-electron chi connectivity index (χ0n) is 17.4. The maximum Gasteiger partial charge on any atom is 0.272 e. The summed E-state index contributed by atoms with van der Waals surface area (Å²) in [5.41, 5.74) is 1.83. The van der Waals surface area contributed by atoms with Gasteiger partial charge in [0.1, 0.15) is 17.3 Å². The van der Waals surface area contributed by atoms with Crippen molar-refractivity contribution in [3.63, 3.8) is 0 Å². The molecule has 0 spiro atoms. The summed E-state index contributed by atoms with van der Waals surface area (Å²) < 4.78 is 0. The van der Waals surface area contributed by atoms with Crippen LogP contribution in [0.1, 0.15) is 21.9 Å². The van der Waals surface area contributed by atoms with E-state index in [-0.39, 0.29) is 5.91 Å². The number of benzene rings is 1. The van der Waals surface area contributed by atoms with E-state index in [1.54, 1.807) is 0 Å². The summed E-state index contributed by atoms with van der Waals surface area (Å²) in [4.78, 5) is 31.0. The van der Waals surface area contributed by atoms with Crippen LogP contribution in [0.3, 0.4) is 0 Å². The normalized spacial score (nSPS) is 18.8. The number of hydrogen-bond donors (Lipinski definition) is 0. The highest BCUT2D eigenvalue weighted by molar-refractivity contribution is 5.93. The van der Waals surface area contributed by atoms with Gasteiger partial charge in [0, 0.05) is 65.0 Å². The number of aryl methyl sites for hydroxylation is 1. The summed E-state index contributed by atoms with van der Waals surface area (Å²) in [5, 5.41) is 0. The monoisotopic (exact) mass is 394 g/mol. The highest BCUT2D eigenvalue weighted by Gasteiger charge is 2.25. The fourth-order valence-electron chi connectivity index (χ4n) is 3.97. The molecule has 1 aromatic heterocycles. The quantitative estimate of drug-likeness (QED) is 0.783. The van der Waals surface area contributed by atoms with E-state index in [1.165, 1.54) is 5.56 Å². The predicted octanol–water partition coefficient (Wildman–Crippen LogP) is 1.49.